The first-order chi connectivity index (χ1) is 11.5. The van der Waals surface area contributed by atoms with E-state index >= 15 is 0 Å². The molecular weight excluding hydrogens is 344 g/mol. The Morgan fingerprint density at radius 2 is 2.08 bits per heavy atom. The lowest BCUT2D eigenvalue weighted by atomic mass is 9.99. The van der Waals surface area contributed by atoms with Crippen LogP contribution in [0, 0.1) is 6.92 Å². The predicted octanol–water partition coefficient (Wildman–Crippen LogP) is 4.34. The highest BCUT2D eigenvalue weighted by molar-refractivity contribution is 7.17. The van der Waals surface area contributed by atoms with Crippen LogP contribution in [0.1, 0.15) is 33.6 Å². The Labute approximate surface area is 151 Å². The number of aryl methyl sites for hydroxylation is 1. The third kappa shape index (κ3) is 3.29. The van der Waals surface area contributed by atoms with Gasteiger partial charge in [-0.05, 0) is 56.1 Å². The normalized spacial score (nSPS) is 15.0. The molecule has 1 aromatic heterocycles. The van der Waals surface area contributed by atoms with Gasteiger partial charge in [-0.15, -0.1) is 11.3 Å². The van der Waals surface area contributed by atoms with Crippen LogP contribution in [0.3, 0.4) is 0 Å². The molecule has 128 valence electrons. The quantitative estimate of drug-likeness (QED) is 0.820. The number of carbonyl (C=O) groups excluding carboxylic acids is 1. The Hall–Kier alpha value is -1.56. The van der Waals surface area contributed by atoms with Crippen LogP contribution in [0.5, 0.6) is 0 Å². The first-order valence-electron chi connectivity index (χ1n) is 7.99. The maximum atomic E-state index is 12.3. The largest absolute Gasteiger partial charge is 0.465 e. The highest BCUT2D eigenvalue weighted by Gasteiger charge is 2.26. The lowest BCUT2D eigenvalue weighted by Gasteiger charge is -2.15. The molecule has 0 amide bonds. The summed E-state index contributed by atoms with van der Waals surface area (Å²) in [6.45, 7) is 4.94. The molecule has 0 atom stereocenters. The van der Waals surface area contributed by atoms with Crippen LogP contribution in [-0.4, -0.2) is 31.1 Å². The molecule has 6 heteroatoms. The van der Waals surface area contributed by atoms with Crippen LogP contribution in [0.25, 0.3) is 11.1 Å². The van der Waals surface area contributed by atoms with E-state index in [1.165, 1.54) is 31.3 Å². The monoisotopic (exact) mass is 364 g/mol. The number of rotatable bonds is 4. The van der Waals surface area contributed by atoms with Crippen molar-refractivity contribution >= 4 is 33.9 Å². The van der Waals surface area contributed by atoms with Crippen LogP contribution in [0.2, 0.25) is 5.02 Å². The molecule has 0 unspecified atom stereocenters. The summed E-state index contributed by atoms with van der Waals surface area (Å²) in [6.07, 6.45) is 2.44. The topological polar surface area (TPSA) is 55.6 Å². The summed E-state index contributed by atoms with van der Waals surface area (Å²) in [4.78, 5) is 15.8. The van der Waals surface area contributed by atoms with Crippen molar-refractivity contribution in [1.82, 2.24) is 4.90 Å². The SMILES string of the molecule is COC(=O)c1c(N)sc(CN2CCCC2)c1-c1ccc(Cl)c(C)c1. The first-order valence-corrected chi connectivity index (χ1v) is 9.19. The second-order valence-corrected chi connectivity index (χ2v) is 7.62. The molecule has 1 fully saturated rings. The second-order valence-electron chi connectivity index (χ2n) is 6.08. The van der Waals surface area contributed by atoms with Crippen molar-refractivity contribution in [3.63, 3.8) is 0 Å². The van der Waals surface area contributed by atoms with E-state index in [1.807, 2.05) is 25.1 Å². The highest BCUT2D eigenvalue weighted by atomic mass is 35.5. The number of hydrogen-bond donors (Lipinski definition) is 1. The van der Waals surface area contributed by atoms with Crippen molar-refractivity contribution < 1.29 is 9.53 Å². The van der Waals surface area contributed by atoms with E-state index in [2.05, 4.69) is 4.90 Å². The standard InChI is InChI=1S/C18H21ClN2O2S/c1-11-9-12(5-6-13(11)19)15-14(10-21-7-3-4-8-21)24-17(20)16(15)18(22)23-2/h5-6,9H,3-4,7-8,10,20H2,1-2H3. The molecule has 3 rings (SSSR count). The molecule has 2 N–H and O–H groups in total. The number of nitrogens with zero attached hydrogens (tertiary/aromatic N) is 1. The van der Waals surface area contributed by atoms with Gasteiger partial charge in [-0.25, -0.2) is 4.79 Å². The zero-order chi connectivity index (χ0) is 17.3. The van der Waals surface area contributed by atoms with Crippen molar-refractivity contribution in [3.8, 4) is 11.1 Å². The zero-order valence-electron chi connectivity index (χ0n) is 13.9. The number of nitrogens with two attached hydrogens (primary N) is 1. The van der Waals surface area contributed by atoms with E-state index in [1.54, 1.807) is 0 Å². The van der Waals surface area contributed by atoms with Crippen LogP contribution < -0.4 is 5.73 Å². The highest BCUT2D eigenvalue weighted by Crippen LogP contribution is 2.41. The third-order valence-corrected chi connectivity index (χ3v) is 5.84. The molecule has 2 heterocycles. The average molecular weight is 365 g/mol. The van der Waals surface area contributed by atoms with E-state index in [9.17, 15) is 4.79 Å². The Balaban J connectivity index is 2.11. The van der Waals surface area contributed by atoms with Gasteiger partial charge >= 0.3 is 5.97 Å². The number of benzene rings is 1. The van der Waals surface area contributed by atoms with E-state index < -0.39 is 0 Å². The molecule has 1 aliphatic heterocycles. The molecule has 0 radical (unpaired) electrons. The van der Waals surface area contributed by atoms with Gasteiger partial charge < -0.3 is 10.5 Å². The van der Waals surface area contributed by atoms with E-state index in [-0.39, 0.29) is 5.97 Å². The number of thiophene rings is 1. The number of ether oxygens (including phenoxy) is 1. The van der Waals surface area contributed by atoms with Crippen molar-refractivity contribution in [3.05, 3.63) is 39.2 Å². The number of hydrogen-bond acceptors (Lipinski definition) is 5. The molecule has 4 nitrogen and oxygen atoms in total. The van der Waals surface area contributed by atoms with E-state index in [0.717, 1.165) is 41.2 Å². The van der Waals surface area contributed by atoms with Gasteiger partial charge in [0.1, 0.15) is 10.6 Å². The molecule has 1 saturated heterocycles. The van der Waals surface area contributed by atoms with Gasteiger partial charge in [-0.2, -0.15) is 0 Å². The molecule has 0 bridgehead atoms. The number of methoxy groups -OCH3 is 1. The average Bonchev–Trinajstić information content (AvgIpc) is 3.17. The number of halogens is 1. The minimum Gasteiger partial charge on any atom is -0.465 e. The molecule has 24 heavy (non-hydrogen) atoms. The number of esters is 1. The first kappa shape index (κ1) is 17.3. The zero-order valence-corrected chi connectivity index (χ0v) is 15.5. The van der Waals surface area contributed by atoms with Gasteiger partial charge in [-0.3, -0.25) is 4.90 Å². The lowest BCUT2D eigenvalue weighted by molar-refractivity contribution is 0.0603. The van der Waals surface area contributed by atoms with Gasteiger partial charge in [0.05, 0.1) is 7.11 Å². The number of anilines is 1. The van der Waals surface area contributed by atoms with Gasteiger partial charge in [0.15, 0.2) is 0 Å². The fraction of sp³-hybridized carbons (Fsp3) is 0.389. The Morgan fingerprint density at radius 1 is 1.38 bits per heavy atom. The Kier molecular flexibility index (Phi) is 5.13. The van der Waals surface area contributed by atoms with Crippen molar-refractivity contribution in [1.29, 1.82) is 0 Å². The molecule has 0 saturated carbocycles. The molecule has 1 aromatic carbocycles. The van der Waals surface area contributed by atoms with Crippen LogP contribution in [0.4, 0.5) is 5.00 Å². The Bertz CT molecular complexity index is 767. The fourth-order valence-electron chi connectivity index (χ4n) is 3.16. The number of nitrogen functional groups attached to an aromatic ring is 1. The molecular formula is C18H21ClN2O2S. The lowest BCUT2D eigenvalue weighted by Crippen LogP contribution is -2.18. The van der Waals surface area contributed by atoms with Crippen LogP contribution in [-0.2, 0) is 11.3 Å². The summed E-state index contributed by atoms with van der Waals surface area (Å²) in [5, 5.41) is 1.22. The molecule has 0 spiro atoms. The molecule has 0 aliphatic carbocycles. The smallest absolute Gasteiger partial charge is 0.341 e. The third-order valence-electron chi connectivity index (χ3n) is 4.41. The van der Waals surface area contributed by atoms with Crippen LogP contribution >= 0.6 is 22.9 Å². The van der Waals surface area contributed by atoms with Gasteiger partial charge in [0.2, 0.25) is 0 Å². The van der Waals surface area contributed by atoms with Gasteiger partial charge in [-0.1, -0.05) is 17.7 Å². The maximum Gasteiger partial charge on any atom is 0.341 e. The fourth-order valence-corrected chi connectivity index (χ4v) is 4.40. The van der Waals surface area contributed by atoms with Crippen LogP contribution in [0.15, 0.2) is 18.2 Å². The van der Waals surface area contributed by atoms with E-state index in [0.29, 0.717) is 15.6 Å². The minimum atomic E-state index is -0.390. The number of carbonyl (C=O) groups is 1. The summed E-state index contributed by atoms with van der Waals surface area (Å²) >= 11 is 7.64. The summed E-state index contributed by atoms with van der Waals surface area (Å²) in [7, 11) is 1.39. The second kappa shape index (κ2) is 7.13. The summed E-state index contributed by atoms with van der Waals surface area (Å²) in [5.74, 6) is -0.390. The molecule has 2 aromatic rings. The molecule has 1 aliphatic rings. The summed E-state index contributed by atoms with van der Waals surface area (Å²) in [6, 6.07) is 5.81. The maximum absolute atomic E-state index is 12.3. The van der Waals surface area contributed by atoms with Crippen molar-refractivity contribution in [2.75, 3.05) is 25.9 Å². The van der Waals surface area contributed by atoms with Gasteiger partial charge in [0.25, 0.3) is 0 Å². The summed E-state index contributed by atoms with van der Waals surface area (Å²) < 4.78 is 4.96. The predicted molar refractivity (Wildman–Crippen MR) is 99.8 cm³/mol. The summed E-state index contributed by atoms with van der Waals surface area (Å²) in [5.41, 5.74) is 9.46. The van der Waals surface area contributed by atoms with E-state index in [4.69, 9.17) is 22.1 Å². The van der Waals surface area contributed by atoms with Crippen molar-refractivity contribution in [2.24, 2.45) is 0 Å². The minimum absolute atomic E-state index is 0.390. The number of likely N-dealkylation sites (tertiary alicyclic amines) is 1. The van der Waals surface area contributed by atoms with Crippen molar-refractivity contribution in [2.45, 2.75) is 26.3 Å². The Morgan fingerprint density at radius 3 is 2.71 bits per heavy atom. The van der Waals surface area contributed by atoms with Gasteiger partial charge in [0, 0.05) is 22.0 Å².